The van der Waals surface area contributed by atoms with Gasteiger partial charge in [0, 0.05) is 23.8 Å². The number of carbonyl (C=O) groups excluding carboxylic acids is 2. The molecule has 130 valence electrons. The van der Waals surface area contributed by atoms with Crippen molar-refractivity contribution in [2.45, 2.75) is 13.3 Å². The van der Waals surface area contributed by atoms with Gasteiger partial charge in [-0.25, -0.2) is 0 Å². The molecule has 0 aliphatic carbocycles. The Balaban J connectivity index is 1.58. The van der Waals surface area contributed by atoms with Crippen molar-refractivity contribution in [1.29, 1.82) is 0 Å². The van der Waals surface area contributed by atoms with Crippen molar-refractivity contribution in [1.82, 2.24) is 4.98 Å². The van der Waals surface area contributed by atoms with Gasteiger partial charge in [-0.3, -0.25) is 14.6 Å². The van der Waals surface area contributed by atoms with E-state index in [1.54, 1.807) is 42.6 Å². The molecule has 0 aliphatic heterocycles. The lowest BCUT2D eigenvalue weighted by Crippen LogP contribution is -2.15. The van der Waals surface area contributed by atoms with Crippen LogP contribution in [0.15, 0.2) is 73.1 Å². The van der Waals surface area contributed by atoms with Crippen molar-refractivity contribution in [3.8, 4) is 0 Å². The first kappa shape index (κ1) is 17.4. The smallest absolute Gasteiger partial charge is 0.257 e. The van der Waals surface area contributed by atoms with Crippen LogP contribution in [0.3, 0.4) is 0 Å². The molecular weight excluding hydrogens is 326 g/mol. The fourth-order valence-corrected chi connectivity index (χ4v) is 2.52. The van der Waals surface area contributed by atoms with Crippen molar-refractivity contribution in [3.05, 3.63) is 89.7 Å². The molecule has 0 radical (unpaired) electrons. The van der Waals surface area contributed by atoms with E-state index in [9.17, 15) is 9.59 Å². The van der Waals surface area contributed by atoms with Crippen LogP contribution in [0.2, 0.25) is 0 Å². The number of hydrogen-bond acceptors (Lipinski definition) is 3. The summed E-state index contributed by atoms with van der Waals surface area (Å²) in [4.78, 5) is 28.2. The number of amides is 2. The minimum absolute atomic E-state index is 0.0774. The first-order valence-corrected chi connectivity index (χ1v) is 8.27. The van der Waals surface area contributed by atoms with Gasteiger partial charge in [-0.15, -0.1) is 0 Å². The standard InChI is InChI=1S/C21H19N3O2/c1-15-5-2-3-6-16(15)13-20(25)23-18-8-10-19(11-9-18)24-21(26)17-7-4-12-22-14-17/h2-12,14H,13H2,1H3,(H,23,25)(H,24,26). The SMILES string of the molecule is Cc1ccccc1CC(=O)Nc1ccc(NC(=O)c2cccnc2)cc1. The molecule has 1 heterocycles. The van der Waals surface area contributed by atoms with E-state index in [1.165, 1.54) is 6.20 Å². The second kappa shape index (κ2) is 8.07. The Labute approximate surface area is 152 Å². The number of anilines is 2. The van der Waals surface area contributed by atoms with Gasteiger partial charge in [0.25, 0.3) is 5.91 Å². The van der Waals surface area contributed by atoms with Crippen LogP contribution in [-0.4, -0.2) is 16.8 Å². The van der Waals surface area contributed by atoms with Crippen LogP contribution in [0, 0.1) is 6.92 Å². The number of nitrogens with one attached hydrogen (secondary N) is 2. The number of nitrogens with zero attached hydrogens (tertiary/aromatic N) is 1. The van der Waals surface area contributed by atoms with Gasteiger partial charge in [0.05, 0.1) is 12.0 Å². The van der Waals surface area contributed by atoms with Crippen molar-refractivity contribution >= 4 is 23.2 Å². The lowest BCUT2D eigenvalue weighted by atomic mass is 10.1. The first-order chi connectivity index (χ1) is 12.6. The molecule has 0 fully saturated rings. The minimum Gasteiger partial charge on any atom is -0.326 e. The summed E-state index contributed by atoms with van der Waals surface area (Å²) in [7, 11) is 0. The molecular formula is C21H19N3O2. The Kier molecular flexibility index (Phi) is 5.39. The monoisotopic (exact) mass is 345 g/mol. The van der Waals surface area contributed by atoms with Gasteiger partial charge in [-0.05, 0) is 54.4 Å². The van der Waals surface area contributed by atoms with Crippen LogP contribution >= 0.6 is 0 Å². The van der Waals surface area contributed by atoms with E-state index in [0.717, 1.165) is 11.1 Å². The highest BCUT2D eigenvalue weighted by atomic mass is 16.2. The molecule has 0 unspecified atom stereocenters. The van der Waals surface area contributed by atoms with Crippen LogP contribution in [0.5, 0.6) is 0 Å². The lowest BCUT2D eigenvalue weighted by molar-refractivity contribution is -0.115. The third-order valence-electron chi connectivity index (χ3n) is 3.96. The number of aromatic nitrogens is 1. The quantitative estimate of drug-likeness (QED) is 0.738. The molecule has 0 aliphatic rings. The molecule has 0 saturated carbocycles. The van der Waals surface area contributed by atoms with Crippen LogP contribution in [0.25, 0.3) is 0 Å². The summed E-state index contributed by atoms with van der Waals surface area (Å²) in [5, 5.41) is 5.66. The summed E-state index contributed by atoms with van der Waals surface area (Å²) in [6.07, 6.45) is 3.45. The second-order valence-electron chi connectivity index (χ2n) is 5.92. The maximum atomic E-state index is 12.2. The second-order valence-corrected chi connectivity index (χ2v) is 5.92. The molecule has 2 aromatic carbocycles. The van der Waals surface area contributed by atoms with E-state index in [-0.39, 0.29) is 11.8 Å². The Morgan fingerprint density at radius 3 is 2.23 bits per heavy atom. The van der Waals surface area contributed by atoms with E-state index in [2.05, 4.69) is 15.6 Å². The van der Waals surface area contributed by atoms with Crippen molar-refractivity contribution < 1.29 is 9.59 Å². The van der Waals surface area contributed by atoms with Crippen LogP contribution in [0.4, 0.5) is 11.4 Å². The van der Waals surface area contributed by atoms with Gasteiger partial charge >= 0.3 is 0 Å². The molecule has 2 amide bonds. The Morgan fingerprint density at radius 1 is 0.885 bits per heavy atom. The number of carbonyl (C=O) groups is 2. The van der Waals surface area contributed by atoms with E-state index < -0.39 is 0 Å². The summed E-state index contributed by atoms with van der Waals surface area (Å²) < 4.78 is 0. The van der Waals surface area contributed by atoms with Gasteiger partial charge in [0.1, 0.15) is 0 Å². The number of benzene rings is 2. The Hall–Kier alpha value is -3.47. The molecule has 5 nitrogen and oxygen atoms in total. The summed E-state index contributed by atoms with van der Waals surface area (Å²) in [5.74, 6) is -0.305. The maximum Gasteiger partial charge on any atom is 0.257 e. The molecule has 0 atom stereocenters. The predicted molar refractivity (Wildman–Crippen MR) is 102 cm³/mol. The first-order valence-electron chi connectivity index (χ1n) is 8.27. The Bertz CT molecular complexity index is 906. The van der Waals surface area contributed by atoms with Gasteiger partial charge in [0.2, 0.25) is 5.91 Å². The number of aryl methyl sites for hydroxylation is 1. The van der Waals surface area contributed by atoms with Gasteiger partial charge in [-0.1, -0.05) is 24.3 Å². The number of rotatable bonds is 5. The summed E-state index contributed by atoms with van der Waals surface area (Å²) in [5.41, 5.74) is 3.92. The maximum absolute atomic E-state index is 12.2. The highest BCUT2D eigenvalue weighted by Gasteiger charge is 2.08. The Morgan fingerprint density at radius 2 is 1.58 bits per heavy atom. The van der Waals surface area contributed by atoms with Crippen molar-refractivity contribution in [2.24, 2.45) is 0 Å². The molecule has 5 heteroatoms. The number of hydrogen-bond donors (Lipinski definition) is 2. The molecule has 3 aromatic rings. The van der Waals surface area contributed by atoms with E-state index in [1.807, 2.05) is 31.2 Å². The topological polar surface area (TPSA) is 71.1 Å². The molecule has 26 heavy (non-hydrogen) atoms. The predicted octanol–water partition coefficient (Wildman–Crippen LogP) is 3.82. The van der Waals surface area contributed by atoms with Crippen LogP contribution in [-0.2, 0) is 11.2 Å². The average molecular weight is 345 g/mol. The van der Waals surface area contributed by atoms with E-state index >= 15 is 0 Å². The minimum atomic E-state index is -0.227. The third-order valence-corrected chi connectivity index (χ3v) is 3.96. The summed E-state index contributed by atoms with van der Waals surface area (Å²) in [6, 6.07) is 18.2. The lowest BCUT2D eigenvalue weighted by Gasteiger charge is -2.09. The zero-order chi connectivity index (χ0) is 18.4. The summed E-state index contributed by atoms with van der Waals surface area (Å²) in [6.45, 7) is 1.99. The molecule has 0 spiro atoms. The molecule has 0 saturated heterocycles. The fraction of sp³-hybridized carbons (Fsp3) is 0.0952. The highest BCUT2D eigenvalue weighted by Crippen LogP contribution is 2.15. The molecule has 0 bridgehead atoms. The normalized spacial score (nSPS) is 10.2. The largest absolute Gasteiger partial charge is 0.326 e. The van der Waals surface area contributed by atoms with Crippen molar-refractivity contribution in [2.75, 3.05) is 10.6 Å². The van der Waals surface area contributed by atoms with Crippen molar-refractivity contribution in [3.63, 3.8) is 0 Å². The molecule has 2 N–H and O–H groups in total. The fourth-order valence-electron chi connectivity index (χ4n) is 2.52. The van der Waals surface area contributed by atoms with Crippen LogP contribution < -0.4 is 10.6 Å². The van der Waals surface area contributed by atoms with Crippen LogP contribution in [0.1, 0.15) is 21.5 Å². The van der Waals surface area contributed by atoms with E-state index in [0.29, 0.717) is 23.4 Å². The zero-order valence-electron chi connectivity index (χ0n) is 14.4. The van der Waals surface area contributed by atoms with Gasteiger partial charge < -0.3 is 10.6 Å². The summed E-state index contributed by atoms with van der Waals surface area (Å²) >= 11 is 0. The number of pyridine rings is 1. The van der Waals surface area contributed by atoms with Gasteiger partial charge in [-0.2, -0.15) is 0 Å². The van der Waals surface area contributed by atoms with Gasteiger partial charge in [0.15, 0.2) is 0 Å². The molecule has 3 rings (SSSR count). The van der Waals surface area contributed by atoms with E-state index in [4.69, 9.17) is 0 Å². The third kappa shape index (κ3) is 4.54. The molecule has 1 aromatic heterocycles. The zero-order valence-corrected chi connectivity index (χ0v) is 14.4. The highest BCUT2D eigenvalue weighted by molar-refractivity contribution is 6.04. The average Bonchev–Trinajstić information content (AvgIpc) is 2.66.